The van der Waals surface area contributed by atoms with Gasteiger partial charge in [-0.25, -0.2) is 0 Å². The molecule has 3 atom stereocenters. The fourth-order valence-electron chi connectivity index (χ4n) is 2.32. The van der Waals surface area contributed by atoms with Crippen LogP contribution in [-0.4, -0.2) is 74.6 Å². The van der Waals surface area contributed by atoms with Crippen LogP contribution in [0.3, 0.4) is 0 Å². The lowest BCUT2D eigenvalue weighted by molar-refractivity contribution is -0.139. The first kappa shape index (κ1) is 15.4. The molecule has 1 saturated heterocycles. The summed E-state index contributed by atoms with van der Waals surface area (Å²) in [7, 11) is 3.36. The number of carboxylic acids is 1. The van der Waals surface area contributed by atoms with E-state index in [0.29, 0.717) is 13.0 Å². The zero-order chi connectivity index (χ0) is 13.5. The number of carboxylic acid groups (broad SMARTS) is 1. The van der Waals surface area contributed by atoms with Gasteiger partial charge in [-0.3, -0.25) is 9.69 Å². The number of hydrogen-bond donors (Lipinski definition) is 2. The van der Waals surface area contributed by atoms with Crippen LogP contribution >= 0.6 is 0 Å². The van der Waals surface area contributed by atoms with Crippen LogP contribution in [0.25, 0.3) is 0 Å². The van der Waals surface area contributed by atoms with Gasteiger partial charge in [0.1, 0.15) is 6.04 Å². The Kier molecular flexibility index (Phi) is 6.56. The van der Waals surface area contributed by atoms with Crippen LogP contribution in [0.4, 0.5) is 0 Å². The second-order valence-electron chi connectivity index (χ2n) is 4.55. The zero-order valence-electron chi connectivity index (χ0n) is 11.4. The molecule has 1 heterocycles. The minimum absolute atomic E-state index is 0.0809. The van der Waals surface area contributed by atoms with E-state index in [4.69, 9.17) is 14.6 Å². The smallest absolute Gasteiger partial charge is 0.320 e. The van der Waals surface area contributed by atoms with Gasteiger partial charge in [-0.05, 0) is 13.0 Å². The van der Waals surface area contributed by atoms with E-state index in [2.05, 4.69) is 10.2 Å². The van der Waals surface area contributed by atoms with Gasteiger partial charge >= 0.3 is 5.97 Å². The Morgan fingerprint density at radius 3 is 2.33 bits per heavy atom. The number of nitrogens with zero attached hydrogens (tertiary/aromatic N) is 1. The van der Waals surface area contributed by atoms with Crippen molar-refractivity contribution in [1.82, 2.24) is 10.2 Å². The molecule has 0 spiro atoms. The fourth-order valence-corrected chi connectivity index (χ4v) is 2.32. The molecule has 3 unspecified atom stereocenters. The van der Waals surface area contributed by atoms with Gasteiger partial charge in [0.25, 0.3) is 0 Å². The summed E-state index contributed by atoms with van der Waals surface area (Å²) in [6.07, 6.45) is 0.755. The van der Waals surface area contributed by atoms with Gasteiger partial charge in [-0.15, -0.1) is 0 Å². The number of hydrogen-bond acceptors (Lipinski definition) is 5. The van der Waals surface area contributed by atoms with Gasteiger partial charge in [-0.2, -0.15) is 0 Å². The van der Waals surface area contributed by atoms with Crippen molar-refractivity contribution in [3.05, 3.63) is 0 Å². The third kappa shape index (κ3) is 4.20. The third-order valence-corrected chi connectivity index (χ3v) is 3.38. The van der Waals surface area contributed by atoms with E-state index >= 15 is 0 Å². The second kappa shape index (κ2) is 7.68. The Morgan fingerprint density at radius 2 is 1.94 bits per heavy atom. The van der Waals surface area contributed by atoms with Crippen molar-refractivity contribution < 1.29 is 19.4 Å². The van der Waals surface area contributed by atoms with E-state index < -0.39 is 12.0 Å². The maximum Gasteiger partial charge on any atom is 0.320 e. The molecule has 2 N–H and O–H groups in total. The Morgan fingerprint density at radius 1 is 1.39 bits per heavy atom. The van der Waals surface area contributed by atoms with Crippen molar-refractivity contribution in [2.45, 2.75) is 31.6 Å². The van der Waals surface area contributed by atoms with E-state index in [0.717, 1.165) is 19.6 Å². The topological polar surface area (TPSA) is 71.0 Å². The van der Waals surface area contributed by atoms with Crippen molar-refractivity contribution in [3.8, 4) is 0 Å². The number of likely N-dealkylation sites (N-methyl/N-ethyl adjacent to an activating group) is 1. The first-order valence-corrected chi connectivity index (χ1v) is 6.36. The summed E-state index contributed by atoms with van der Waals surface area (Å²) in [6, 6.07) is -0.474. The van der Waals surface area contributed by atoms with Crippen LogP contribution in [0.2, 0.25) is 0 Å². The Labute approximate surface area is 108 Å². The molecule has 0 saturated carbocycles. The molecule has 6 heteroatoms. The predicted molar refractivity (Wildman–Crippen MR) is 67.8 cm³/mol. The SMILES string of the molecule is CCNC(CCN1CC(OC)C(OC)C1)C(=O)O. The van der Waals surface area contributed by atoms with Crippen molar-refractivity contribution in [2.24, 2.45) is 0 Å². The van der Waals surface area contributed by atoms with Crippen LogP contribution < -0.4 is 5.32 Å². The molecular formula is C12H24N2O4. The average molecular weight is 260 g/mol. The molecule has 1 fully saturated rings. The normalized spacial score (nSPS) is 26.4. The fraction of sp³-hybridized carbons (Fsp3) is 0.917. The van der Waals surface area contributed by atoms with E-state index in [-0.39, 0.29) is 12.2 Å². The van der Waals surface area contributed by atoms with E-state index in [1.54, 1.807) is 14.2 Å². The van der Waals surface area contributed by atoms with E-state index in [1.807, 2.05) is 6.92 Å². The number of ether oxygens (including phenoxy) is 2. The van der Waals surface area contributed by atoms with Gasteiger partial charge in [-0.1, -0.05) is 6.92 Å². The number of likely N-dealkylation sites (tertiary alicyclic amines) is 1. The lowest BCUT2D eigenvalue weighted by Gasteiger charge is -2.19. The lowest BCUT2D eigenvalue weighted by Crippen LogP contribution is -2.39. The first-order chi connectivity index (χ1) is 8.62. The average Bonchev–Trinajstić information content (AvgIpc) is 2.76. The summed E-state index contributed by atoms with van der Waals surface area (Å²) in [6.45, 7) is 4.91. The molecular weight excluding hydrogens is 236 g/mol. The molecule has 106 valence electrons. The minimum Gasteiger partial charge on any atom is -0.480 e. The van der Waals surface area contributed by atoms with Crippen LogP contribution in [-0.2, 0) is 14.3 Å². The highest BCUT2D eigenvalue weighted by atomic mass is 16.5. The van der Waals surface area contributed by atoms with Crippen molar-refractivity contribution >= 4 is 5.97 Å². The monoisotopic (exact) mass is 260 g/mol. The highest BCUT2D eigenvalue weighted by molar-refractivity contribution is 5.73. The molecule has 1 rings (SSSR count). The maximum absolute atomic E-state index is 11.0. The largest absolute Gasteiger partial charge is 0.480 e. The van der Waals surface area contributed by atoms with Gasteiger partial charge < -0.3 is 19.9 Å². The second-order valence-corrected chi connectivity index (χ2v) is 4.55. The lowest BCUT2D eigenvalue weighted by atomic mass is 10.2. The van der Waals surface area contributed by atoms with Gasteiger partial charge in [0, 0.05) is 33.9 Å². The zero-order valence-corrected chi connectivity index (χ0v) is 11.4. The summed E-state index contributed by atoms with van der Waals surface area (Å²) in [4.78, 5) is 13.2. The number of nitrogens with one attached hydrogen (secondary N) is 1. The van der Waals surface area contributed by atoms with Crippen LogP contribution in [0, 0.1) is 0 Å². The maximum atomic E-state index is 11.0. The molecule has 6 nitrogen and oxygen atoms in total. The summed E-state index contributed by atoms with van der Waals surface area (Å²) < 4.78 is 10.7. The molecule has 0 aromatic heterocycles. The Bertz CT molecular complexity index is 250. The summed E-state index contributed by atoms with van der Waals surface area (Å²) >= 11 is 0. The highest BCUT2D eigenvalue weighted by Gasteiger charge is 2.33. The van der Waals surface area contributed by atoms with Crippen LogP contribution in [0.1, 0.15) is 13.3 Å². The molecule has 0 amide bonds. The van der Waals surface area contributed by atoms with Crippen molar-refractivity contribution in [1.29, 1.82) is 0 Å². The Hall–Kier alpha value is -0.690. The quantitative estimate of drug-likeness (QED) is 0.629. The minimum atomic E-state index is -0.789. The van der Waals surface area contributed by atoms with E-state index in [9.17, 15) is 4.79 Å². The third-order valence-electron chi connectivity index (χ3n) is 3.38. The molecule has 0 aromatic rings. The van der Waals surface area contributed by atoms with Crippen molar-refractivity contribution in [3.63, 3.8) is 0 Å². The molecule has 0 bridgehead atoms. The predicted octanol–water partition coefficient (Wildman–Crippen LogP) is -0.215. The van der Waals surface area contributed by atoms with Gasteiger partial charge in [0.15, 0.2) is 0 Å². The molecule has 18 heavy (non-hydrogen) atoms. The summed E-state index contributed by atoms with van der Waals surface area (Å²) in [5.41, 5.74) is 0. The molecule has 1 aliphatic heterocycles. The van der Waals surface area contributed by atoms with Crippen LogP contribution in [0.5, 0.6) is 0 Å². The van der Waals surface area contributed by atoms with Gasteiger partial charge in [0.05, 0.1) is 12.2 Å². The number of methoxy groups -OCH3 is 2. The standard InChI is InChI=1S/C12H24N2O4/c1-4-13-9(12(15)16)5-6-14-7-10(17-2)11(8-14)18-3/h9-11,13H,4-8H2,1-3H3,(H,15,16). The van der Waals surface area contributed by atoms with Gasteiger partial charge in [0.2, 0.25) is 0 Å². The first-order valence-electron chi connectivity index (χ1n) is 6.36. The number of rotatable bonds is 8. The summed E-state index contributed by atoms with van der Waals surface area (Å²) in [5.74, 6) is -0.789. The molecule has 1 aliphatic rings. The Balaban J connectivity index is 2.37. The summed E-state index contributed by atoms with van der Waals surface area (Å²) in [5, 5.41) is 12.0. The van der Waals surface area contributed by atoms with Crippen LogP contribution in [0.15, 0.2) is 0 Å². The molecule has 0 radical (unpaired) electrons. The molecule has 0 aromatic carbocycles. The highest BCUT2D eigenvalue weighted by Crippen LogP contribution is 2.16. The number of carbonyl (C=O) groups is 1. The van der Waals surface area contributed by atoms with E-state index in [1.165, 1.54) is 0 Å². The number of aliphatic carboxylic acids is 1. The molecule has 0 aliphatic carbocycles. The van der Waals surface area contributed by atoms with Crippen molar-refractivity contribution in [2.75, 3.05) is 40.4 Å².